The molecular formula is C20H15N5O2. The Morgan fingerprint density at radius 2 is 1.59 bits per heavy atom. The van der Waals surface area contributed by atoms with Gasteiger partial charge in [-0.05, 0) is 33.2 Å². The zero-order valence-electron chi connectivity index (χ0n) is 14.3. The fourth-order valence-electron chi connectivity index (χ4n) is 2.94. The van der Waals surface area contributed by atoms with Crippen molar-refractivity contribution >= 4 is 5.69 Å². The highest BCUT2D eigenvalue weighted by Gasteiger charge is 2.21. The minimum absolute atomic E-state index is 0.0273. The van der Waals surface area contributed by atoms with Gasteiger partial charge in [0.25, 0.3) is 5.69 Å². The Balaban J connectivity index is 1.76. The van der Waals surface area contributed by atoms with E-state index in [1.807, 2.05) is 66.7 Å². The largest absolute Gasteiger partial charge is 0.281 e. The van der Waals surface area contributed by atoms with Crippen molar-refractivity contribution in [1.29, 1.82) is 0 Å². The summed E-state index contributed by atoms with van der Waals surface area (Å²) in [7, 11) is 0. The highest BCUT2D eigenvalue weighted by atomic mass is 16.6. The first kappa shape index (κ1) is 16.6. The van der Waals surface area contributed by atoms with Crippen LogP contribution in [0.1, 0.15) is 5.56 Å². The molecular weight excluding hydrogens is 342 g/mol. The lowest BCUT2D eigenvalue weighted by Gasteiger charge is -2.07. The lowest BCUT2D eigenvalue weighted by Crippen LogP contribution is -2.05. The molecule has 0 saturated heterocycles. The van der Waals surface area contributed by atoms with Crippen LogP contribution in [0, 0.1) is 10.1 Å². The minimum Gasteiger partial charge on any atom is -0.258 e. The van der Waals surface area contributed by atoms with Crippen molar-refractivity contribution < 1.29 is 4.92 Å². The summed E-state index contributed by atoms with van der Waals surface area (Å²) in [6.45, 7) is 0.431. The third kappa shape index (κ3) is 3.43. The molecule has 132 valence electrons. The summed E-state index contributed by atoms with van der Waals surface area (Å²) >= 11 is 0. The van der Waals surface area contributed by atoms with Gasteiger partial charge in [0.15, 0.2) is 5.82 Å². The molecule has 0 saturated carbocycles. The number of tetrazole rings is 1. The Kier molecular flexibility index (Phi) is 4.40. The number of benzene rings is 3. The van der Waals surface area contributed by atoms with Crippen molar-refractivity contribution in [2.45, 2.75) is 6.54 Å². The summed E-state index contributed by atoms with van der Waals surface area (Å²) in [5.74, 6) is 0.366. The molecule has 0 aliphatic rings. The summed E-state index contributed by atoms with van der Waals surface area (Å²) in [5, 5.41) is 23.4. The zero-order valence-corrected chi connectivity index (χ0v) is 14.3. The van der Waals surface area contributed by atoms with Crippen LogP contribution in [0.2, 0.25) is 0 Å². The first-order valence-corrected chi connectivity index (χ1v) is 8.37. The number of hydrogen-bond donors (Lipinski definition) is 0. The molecule has 0 aliphatic heterocycles. The van der Waals surface area contributed by atoms with E-state index in [1.54, 1.807) is 16.8 Å². The average Bonchev–Trinajstić information content (AvgIpc) is 3.17. The fourth-order valence-corrected chi connectivity index (χ4v) is 2.94. The molecule has 7 heteroatoms. The van der Waals surface area contributed by atoms with Crippen molar-refractivity contribution in [3.8, 4) is 22.5 Å². The van der Waals surface area contributed by atoms with E-state index < -0.39 is 4.92 Å². The maximum atomic E-state index is 11.7. The summed E-state index contributed by atoms with van der Waals surface area (Å²) in [5.41, 5.74) is 3.06. The van der Waals surface area contributed by atoms with Gasteiger partial charge >= 0.3 is 0 Å². The van der Waals surface area contributed by atoms with Crippen LogP contribution in [0.5, 0.6) is 0 Å². The van der Waals surface area contributed by atoms with E-state index in [9.17, 15) is 10.1 Å². The maximum absolute atomic E-state index is 11.7. The Morgan fingerprint density at radius 3 is 2.30 bits per heavy atom. The van der Waals surface area contributed by atoms with Crippen LogP contribution in [0.3, 0.4) is 0 Å². The van der Waals surface area contributed by atoms with Gasteiger partial charge in [-0.1, -0.05) is 66.7 Å². The Bertz CT molecular complexity index is 1080. The molecule has 3 aromatic carbocycles. The molecule has 0 bridgehead atoms. The zero-order chi connectivity index (χ0) is 18.6. The van der Waals surface area contributed by atoms with Gasteiger partial charge in [-0.15, -0.1) is 5.10 Å². The van der Waals surface area contributed by atoms with Crippen LogP contribution in [-0.2, 0) is 6.54 Å². The highest BCUT2D eigenvalue weighted by Crippen LogP contribution is 2.33. The van der Waals surface area contributed by atoms with Crippen molar-refractivity contribution in [2.75, 3.05) is 0 Å². The normalized spacial score (nSPS) is 10.7. The standard InChI is InChI=1S/C20H15N5O2/c26-25(27)19-13-17(16-9-5-2-6-10-16)11-12-18(19)20-21-22-23-24(20)14-15-7-3-1-4-8-15/h1-13H,14H2. The van der Waals surface area contributed by atoms with E-state index in [1.165, 1.54) is 0 Å². The van der Waals surface area contributed by atoms with Gasteiger partial charge in [0.2, 0.25) is 0 Å². The molecule has 0 aliphatic carbocycles. The van der Waals surface area contributed by atoms with Crippen LogP contribution in [0.25, 0.3) is 22.5 Å². The molecule has 0 atom stereocenters. The van der Waals surface area contributed by atoms with Crippen LogP contribution in [0.15, 0.2) is 78.9 Å². The van der Waals surface area contributed by atoms with Crippen LogP contribution in [0.4, 0.5) is 5.69 Å². The van der Waals surface area contributed by atoms with E-state index in [0.29, 0.717) is 17.9 Å². The van der Waals surface area contributed by atoms with Crippen molar-refractivity contribution in [2.24, 2.45) is 0 Å². The predicted molar refractivity (Wildman–Crippen MR) is 101 cm³/mol. The molecule has 7 nitrogen and oxygen atoms in total. The van der Waals surface area contributed by atoms with Gasteiger partial charge in [-0.2, -0.15) is 0 Å². The monoisotopic (exact) mass is 357 g/mol. The maximum Gasteiger partial charge on any atom is 0.281 e. The third-order valence-corrected chi connectivity index (χ3v) is 4.25. The first-order chi connectivity index (χ1) is 13.2. The van der Waals surface area contributed by atoms with E-state index in [4.69, 9.17) is 0 Å². The van der Waals surface area contributed by atoms with E-state index in [2.05, 4.69) is 15.5 Å². The smallest absolute Gasteiger partial charge is 0.258 e. The molecule has 4 rings (SSSR count). The summed E-state index contributed by atoms with van der Waals surface area (Å²) in [6.07, 6.45) is 0. The third-order valence-electron chi connectivity index (χ3n) is 4.25. The topological polar surface area (TPSA) is 86.7 Å². The lowest BCUT2D eigenvalue weighted by molar-refractivity contribution is -0.384. The second kappa shape index (κ2) is 7.17. The number of hydrogen-bond acceptors (Lipinski definition) is 5. The van der Waals surface area contributed by atoms with Gasteiger partial charge in [-0.25, -0.2) is 4.68 Å². The van der Waals surface area contributed by atoms with Crippen LogP contribution in [-0.4, -0.2) is 25.1 Å². The van der Waals surface area contributed by atoms with Crippen LogP contribution >= 0.6 is 0 Å². The number of nitrogens with zero attached hydrogens (tertiary/aromatic N) is 5. The van der Waals surface area contributed by atoms with Gasteiger partial charge in [-0.3, -0.25) is 10.1 Å². The SMILES string of the molecule is O=[N+]([O-])c1cc(-c2ccccc2)ccc1-c1nnnn1Cc1ccccc1. The van der Waals surface area contributed by atoms with Gasteiger partial charge < -0.3 is 0 Å². The van der Waals surface area contributed by atoms with Gasteiger partial charge in [0, 0.05) is 6.07 Å². The van der Waals surface area contributed by atoms with Crippen molar-refractivity contribution in [3.63, 3.8) is 0 Å². The molecule has 27 heavy (non-hydrogen) atoms. The molecule has 0 spiro atoms. The lowest BCUT2D eigenvalue weighted by atomic mass is 10.0. The summed E-state index contributed by atoms with van der Waals surface area (Å²) in [4.78, 5) is 11.3. The summed E-state index contributed by atoms with van der Waals surface area (Å²) in [6, 6.07) is 24.3. The Labute approximate surface area is 155 Å². The highest BCUT2D eigenvalue weighted by molar-refractivity contribution is 5.76. The van der Waals surface area contributed by atoms with Gasteiger partial charge in [0.1, 0.15) is 0 Å². The molecule has 0 N–H and O–H groups in total. The Hall–Kier alpha value is -3.87. The van der Waals surface area contributed by atoms with Crippen LogP contribution < -0.4 is 0 Å². The molecule has 0 unspecified atom stereocenters. The number of aromatic nitrogens is 4. The fraction of sp³-hybridized carbons (Fsp3) is 0.0500. The first-order valence-electron chi connectivity index (χ1n) is 8.37. The molecule has 0 radical (unpaired) electrons. The number of nitro groups is 1. The minimum atomic E-state index is -0.399. The number of nitro benzene ring substituents is 1. The molecule has 4 aromatic rings. The van der Waals surface area contributed by atoms with E-state index >= 15 is 0 Å². The molecule has 1 heterocycles. The second-order valence-corrected chi connectivity index (χ2v) is 6.00. The van der Waals surface area contributed by atoms with Crippen molar-refractivity contribution in [3.05, 3.63) is 94.5 Å². The quantitative estimate of drug-likeness (QED) is 0.398. The number of rotatable bonds is 5. The van der Waals surface area contributed by atoms with E-state index in [-0.39, 0.29) is 5.69 Å². The van der Waals surface area contributed by atoms with Gasteiger partial charge in [0.05, 0.1) is 17.0 Å². The van der Waals surface area contributed by atoms with Crippen molar-refractivity contribution in [1.82, 2.24) is 20.2 Å². The predicted octanol–water partition coefficient (Wildman–Crippen LogP) is 3.96. The Morgan fingerprint density at radius 1 is 0.889 bits per heavy atom. The molecule has 0 amide bonds. The average molecular weight is 357 g/mol. The van der Waals surface area contributed by atoms with E-state index in [0.717, 1.165) is 16.7 Å². The second-order valence-electron chi connectivity index (χ2n) is 6.00. The summed E-state index contributed by atoms with van der Waals surface area (Å²) < 4.78 is 1.57. The molecule has 0 fully saturated rings. The molecule has 1 aromatic heterocycles.